The third-order valence-corrected chi connectivity index (χ3v) is 4.63. The predicted molar refractivity (Wildman–Crippen MR) is 101 cm³/mol. The smallest absolute Gasteiger partial charge is 0.227 e. The fourth-order valence-electron chi connectivity index (χ4n) is 2.95. The molecule has 0 aromatic heterocycles. The van der Waals surface area contributed by atoms with Gasteiger partial charge in [0.15, 0.2) is 0 Å². The van der Waals surface area contributed by atoms with Crippen LogP contribution < -0.4 is 5.48 Å². The first-order valence-electron chi connectivity index (χ1n) is 8.76. The van der Waals surface area contributed by atoms with Gasteiger partial charge >= 0.3 is 5.91 Å². The van der Waals surface area contributed by atoms with E-state index in [2.05, 4.69) is 65.8 Å². The number of benzene rings is 2. The van der Waals surface area contributed by atoms with Crippen LogP contribution in [-0.2, 0) is 15.6 Å². The highest BCUT2D eigenvalue weighted by molar-refractivity contribution is 5.79. The Morgan fingerprint density at radius 1 is 0.760 bits per heavy atom. The fraction of sp³-hybridized carbons (Fsp3) is 0.409. The molecule has 0 spiro atoms. The number of primary amides is 1. The number of quaternary nitrogens is 1. The summed E-state index contributed by atoms with van der Waals surface area (Å²) >= 11 is 0. The van der Waals surface area contributed by atoms with Gasteiger partial charge in [-0.25, -0.2) is 10.0 Å². The lowest BCUT2D eigenvalue weighted by molar-refractivity contribution is -0.815. The number of hydroxylamine groups is 1. The number of carbonyl (C=O) groups is 1. The summed E-state index contributed by atoms with van der Waals surface area (Å²) in [5.41, 5.74) is 5.04. The Labute approximate surface area is 151 Å². The second-order valence-corrected chi connectivity index (χ2v) is 8.71. The summed E-state index contributed by atoms with van der Waals surface area (Å²) in [6.45, 7) is 13.0. The maximum absolute atomic E-state index is 12.4. The highest BCUT2D eigenvalue weighted by atomic mass is 16.5. The first-order valence-corrected chi connectivity index (χ1v) is 8.76. The summed E-state index contributed by atoms with van der Waals surface area (Å²) in [6, 6.07) is 16.2. The average Bonchev–Trinajstić information content (AvgIpc) is 2.54. The minimum absolute atomic E-state index is 0.0650. The van der Waals surface area contributed by atoms with Gasteiger partial charge in [0.1, 0.15) is 5.92 Å². The molecule has 2 aromatic rings. The van der Waals surface area contributed by atoms with Gasteiger partial charge in [0.2, 0.25) is 0 Å². The summed E-state index contributed by atoms with van der Waals surface area (Å²) in [5, 5.41) is 9.32. The van der Waals surface area contributed by atoms with Crippen LogP contribution in [0.4, 0.5) is 0 Å². The Balaban J connectivity index is 2.42. The molecule has 2 aromatic carbocycles. The van der Waals surface area contributed by atoms with E-state index in [1.54, 1.807) is 0 Å². The van der Waals surface area contributed by atoms with Gasteiger partial charge in [-0.2, -0.15) is 0 Å². The van der Waals surface area contributed by atoms with E-state index in [0.29, 0.717) is 5.48 Å². The number of nitrogens with two attached hydrogens (primary N) is 1. The molecule has 0 bridgehead atoms. The molecule has 0 aliphatic carbocycles. The molecule has 0 saturated heterocycles. The molecule has 3 N–H and O–H groups in total. The van der Waals surface area contributed by atoms with Crippen LogP contribution in [0.1, 0.15) is 69.7 Å². The zero-order chi connectivity index (χ0) is 18.8. The van der Waals surface area contributed by atoms with Crippen molar-refractivity contribution in [2.75, 3.05) is 0 Å². The maximum atomic E-state index is 12.4. The van der Waals surface area contributed by atoms with Crippen molar-refractivity contribution in [1.82, 2.24) is 0 Å². The van der Waals surface area contributed by atoms with Crippen molar-refractivity contribution in [1.29, 1.82) is 0 Å². The summed E-state index contributed by atoms with van der Waals surface area (Å²) in [7, 11) is 0. The third kappa shape index (κ3) is 4.56. The Morgan fingerprint density at radius 2 is 1.08 bits per heavy atom. The van der Waals surface area contributed by atoms with Gasteiger partial charge < -0.3 is 0 Å². The van der Waals surface area contributed by atoms with E-state index in [1.165, 1.54) is 11.1 Å². The Hall–Kier alpha value is -1.97. The summed E-state index contributed by atoms with van der Waals surface area (Å²) in [6.07, 6.45) is 0. The first-order chi connectivity index (χ1) is 11.5. The molecule has 1 amide bonds. The minimum atomic E-state index is -0.479. The lowest BCUT2D eigenvalue weighted by Crippen LogP contribution is -2.86. The number of hydrogen-bond donors (Lipinski definition) is 2. The van der Waals surface area contributed by atoms with Gasteiger partial charge in [0.25, 0.3) is 0 Å². The van der Waals surface area contributed by atoms with Crippen molar-refractivity contribution in [2.24, 2.45) is 0 Å². The van der Waals surface area contributed by atoms with Crippen LogP contribution in [0.2, 0.25) is 0 Å². The Bertz CT molecular complexity index is 659. The SMILES string of the molecule is CC(C)(C)c1ccc(C(C(=O)[NH2+]O)c2ccc(C(C)(C)C)cc2)cc1. The molecule has 3 nitrogen and oxygen atoms in total. The van der Waals surface area contributed by atoms with Gasteiger partial charge in [-0.1, -0.05) is 90.1 Å². The largest absolute Gasteiger partial charge is 0.354 e. The molecule has 0 unspecified atom stereocenters. The Morgan fingerprint density at radius 3 is 1.32 bits per heavy atom. The molecule has 25 heavy (non-hydrogen) atoms. The van der Waals surface area contributed by atoms with E-state index in [0.717, 1.165) is 11.1 Å². The molecule has 134 valence electrons. The van der Waals surface area contributed by atoms with Crippen LogP contribution in [0.25, 0.3) is 0 Å². The van der Waals surface area contributed by atoms with E-state index in [-0.39, 0.29) is 16.7 Å². The lowest BCUT2D eigenvalue weighted by atomic mass is 9.82. The van der Waals surface area contributed by atoms with E-state index >= 15 is 0 Å². The van der Waals surface area contributed by atoms with Crippen LogP contribution in [0, 0.1) is 0 Å². The topological polar surface area (TPSA) is 53.9 Å². The van der Waals surface area contributed by atoms with Crippen molar-refractivity contribution >= 4 is 5.91 Å². The first kappa shape index (κ1) is 19.4. The van der Waals surface area contributed by atoms with Crippen molar-refractivity contribution in [3.8, 4) is 0 Å². The second-order valence-electron chi connectivity index (χ2n) is 8.71. The molecule has 0 heterocycles. The van der Waals surface area contributed by atoms with Crippen molar-refractivity contribution < 1.29 is 15.5 Å². The monoisotopic (exact) mass is 340 g/mol. The maximum Gasteiger partial charge on any atom is 0.354 e. The highest BCUT2D eigenvalue weighted by Crippen LogP contribution is 2.30. The zero-order valence-electron chi connectivity index (χ0n) is 16.1. The van der Waals surface area contributed by atoms with E-state index in [9.17, 15) is 10.0 Å². The van der Waals surface area contributed by atoms with Crippen molar-refractivity contribution in [3.05, 3.63) is 70.8 Å². The fourth-order valence-corrected chi connectivity index (χ4v) is 2.95. The average molecular weight is 340 g/mol. The van der Waals surface area contributed by atoms with E-state index < -0.39 is 5.92 Å². The van der Waals surface area contributed by atoms with Gasteiger partial charge in [0.05, 0.1) is 0 Å². The van der Waals surface area contributed by atoms with Crippen LogP contribution in [0.15, 0.2) is 48.5 Å². The molecular formula is C22H30NO2+. The standard InChI is InChI=1S/C22H29NO2/c1-21(2,3)17-11-7-15(8-12-17)19(20(24)23-25)16-9-13-18(14-10-16)22(4,5)6/h7-14,19,25H,1-6H3,(H,23,24)/p+1. The van der Waals surface area contributed by atoms with Crippen LogP contribution in [0.5, 0.6) is 0 Å². The summed E-state index contributed by atoms with van der Waals surface area (Å²) < 4.78 is 0. The predicted octanol–water partition coefficient (Wildman–Crippen LogP) is 3.89. The molecular weight excluding hydrogens is 310 g/mol. The quantitative estimate of drug-likeness (QED) is 0.658. The second kappa shape index (κ2) is 7.11. The van der Waals surface area contributed by atoms with Gasteiger partial charge in [-0.3, -0.25) is 0 Å². The van der Waals surface area contributed by atoms with Crippen molar-refractivity contribution in [2.45, 2.75) is 58.3 Å². The summed E-state index contributed by atoms with van der Waals surface area (Å²) in [4.78, 5) is 12.4. The normalized spacial score (nSPS) is 12.5. The van der Waals surface area contributed by atoms with Gasteiger partial charge in [-0.15, -0.1) is 5.48 Å². The summed E-state index contributed by atoms with van der Waals surface area (Å²) in [5.74, 6) is -0.778. The lowest BCUT2D eigenvalue weighted by Gasteiger charge is -2.22. The molecule has 2 rings (SSSR count). The van der Waals surface area contributed by atoms with E-state index in [4.69, 9.17) is 0 Å². The van der Waals surface area contributed by atoms with Gasteiger partial charge in [0, 0.05) is 0 Å². The molecule has 0 radical (unpaired) electrons. The molecule has 0 aliphatic heterocycles. The molecule has 0 fully saturated rings. The number of carbonyl (C=O) groups excluding carboxylic acids is 1. The zero-order valence-corrected chi connectivity index (χ0v) is 16.1. The Kier molecular flexibility index (Phi) is 5.50. The molecule has 3 heteroatoms. The van der Waals surface area contributed by atoms with E-state index in [1.807, 2.05) is 24.3 Å². The third-order valence-electron chi connectivity index (χ3n) is 4.63. The molecule has 0 atom stereocenters. The van der Waals surface area contributed by atoms with Crippen LogP contribution in [-0.4, -0.2) is 11.1 Å². The van der Waals surface area contributed by atoms with Crippen LogP contribution in [0.3, 0.4) is 0 Å². The number of amides is 1. The van der Waals surface area contributed by atoms with Gasteiger partial charge in [-0.05, 0) is 33.1 Å². The highest BCUT2D eigenvalue weighted by Gasteiger charge is 2.27. The number of hydrogen-bond acceptors (Lipinski definition) is 2. The minimum Gasteiger partial charge on any atom is -0.227 e. The van der Waals surface area contributed by atoms with Crippen molar-refractivity contribution in [3.63, 3.8) is 0 Å². The molecule has 0 saturated carbocycles. The van der Waals surface area contributed by atoms with Crippen LogP contribution >= 0.6 is 0 Å². The molecule has 0 aliphatic rings. The number of rotatable bonds is 3.